The van der Waals surface area contributed by atoms with Crippen molar-refractivity contribution in [3.8, 4) is 0 Å². The molecule has 1 aromatic carbocycles. The first-order valence-electron chi connectivity index (χ1n) is 5.61. The van der Waals surface area contributed by atoms with Gasteiger partial charge in [-0.15, -0.1) is 9.35 Å². The van der Waals surface area contributed by atoms with Crippen molar-refractivity contribution in [2.24, 2.45) is 0 Å². The van der Waals surface area contributed by atoms with E-state index in [9.17, 15) is 18.0 Å². The molecule has 1 aliphatic heterocycles. The maximum absolute atomic E-state index is 12.2. The maximum Gasteiger partial charge on any atom is 0.286 e. The molecule has 1 heterocycles. The molecule has 2 amide bonds. The van der Waals surface area contributed by atoms with Crippen LogP contribution in [0.15, 0.2) is 36.9 Å². The predicted octanol–water partition coefficient (Wildman–Crippen LogP) is 1.00. The van der Waals surface area contributed by atoms with Crippen molar-refractivity contribution in [3.63, 3.8) is 0 Å². The lowest BCUT2D eigenvalue weighted by Crippen LogP contribution is -2.41. The molecule has 0 fully saturated rings. The van der Waals surface area contributed by atoms with Crippen LogP contribution in [0.1, 0.15) is 21.5 Å². The Morgan fingerprint density at radius 3 is 2.55 bits per heavy atom. The van der Waals surface area contributed by atoms with E-state index in [1.807, 2.05) is 0 Å². The smallest absolute Gasteiger partial charge is 0.266 e. The van der Waals surface area contributed by atoms with Crippen LogP contribution in [-0.4, -0.2) is 25.3 Å². The summed E-state index contributed by atoms with van der Waals surface area (Å²) in [6.45, 7) is 5.26. The minimum atomic E-state index is -3.37. The number of hydrogen-bond acceptors (Lipinski definition) is 5. The summed E-state index contributed by atoms with van der Waals surface area (Å²) in [6, 6.07) is 4.89. The van der Waals surface area contributed by atoms with Gasteiger partial charge in [-0.1, -0.05) is 24.8 Å². The highest BCUT2D eigenvalue weighted by molar-refractivity contribution is 7.67. The minimum Gasteiger partial charge on any atom is -0.266 e. The van der Waals surface area contributed by atoms with Crippen LogP contribution in [-0.2, 0) is 20.1 Å². The first-order chi connectivity index (χ1) is 9.47. The zero-order chi connectivity index (χ0) is 14.9. The highest BCUT2D eigenvalue weighted by Crippen LogP contribution is 2.31. The van der Waals surface area contributed by atoms with E-state index in [1.54, 1.807) is 19.1 Å². The van der Waals surface area contributed by atoms with Crippen molar-refractivity contribution >= 4 is 28.4 Å². The fourth-order valence-electron chi connectivity index (χ4n) is 2.03. The van der Waals surface area contributed by atoms with Gasteiger partial charge < -0.3 is 0 Å². The standard InChI is InChI=1S/C13H11NO5S/c1-3-5-9-11-8(2)6-4-7-10(11)13(16)14(12(9)15)19-20(17)18/h3-7,20H,1H2,2H3/b9-5+. The summed E-state index contributed by atoms with van der Waals surface area (Å²) in [7, 11) is -3.37. The zero-order valence-corrected chi connectivity index (χ0v) is 11.4. The fraction of sp³-hybridized carbons (Fsp3) is 0.0769. The molecule has 0 saturated carbocycles. The lowest BCUT2D eigenvalue weighted by Gasteiger charge is -2.26. The Morgan fingerprint density at radius 1 is 1.25 bits per heavy atom. The van der Waals surface area contributed by atoms with Crippen LogP contribution in [0.5, 0.6) is 0 Å². The molecule has 1 aliphatic rings. The molecule has 7 heteroatoms. The third kappa shape index (κ3) is 2.28. The van der Waals surface area contributed by atoms with E-state index in [0.717, 1.165) is 5.56 Å². The molecule has 2 rings (SSSR count). The number of carbonyl (C=O) groups is 2. The number of imide groups is 1. The van der Waals surface area contributed by atoms with Gasteiger partial charge in [-0.25, -0.2) is 8.42 Å². The number of thiol groups is 1. The molecule has 0 spiro atoms. The van der Waals surface area contributed by atoms with Crippen LogP contribution in [0.4, 0.5) is 0 Å². The molecule has 0 saturated heterocycles. The van der Waals surface area contributed by atoms with Gasteiger partial charge in [-0.3, -0.25) is 9.59 Å². The summed E-state index contributed by atoms with van der Waals surface area (Å²) >= 11 is 0. The van der Waals surface area contributed by atoms with Crippen LogP contribution < -0.4 is 0 Å². The number of benzene rings is 1. The molecule has 0 aliphatic carbocycles. The normalized spacial score (nSPS) is 16.7. The molecule has 104 valence electrons. The summed E-state index contributed by atoms with van der Waals surface area (Å²) in [5.74, 6) is -1.65. The average molecular weight is 293 g/mol. The minimum absolute atomic E-state index is 0.157. The second kappa shape index (κ2) is 5.40. The molecular formula is C13H11NO5S. The molecule has 0 N–H and O–H groups in total. The number of aryl methyl sites for hydroxylation is 1. The first-order valence-corrected chi connectivity index (χ1v) is 6.71. The number of rotatable bonds is 3. The van der Waals surface area contributed by atoms with E-state index in [4.69, 9.17) is 0 Å². The molecule has 1 aromatic rings. The number of fused-ring (bicyclic) bond motifs is 1. The van der Waals surface area contributed by atoms with Gasteiger partial charge in [0.25, 0.3) is 22.8 Å². The van der Waals surface area contributed by atoms with E-state index in [0.29, 0.717) is 5.56 Å². The van der Waals surface area contributed by atoms with E-state index in [2.05, 4.69) is 10.9 Å². The summed E-state index contributed by atoms with van der Waals surface area (Å²) in [5, 5.41) is 0.239. The zero-order valence-electron chi connectivity index (χ0n) is 10.5. The van der Waals surface area contributed by atoms with Gasteiger partial charge in [0.1, 0.15) is 0 Å². The molecule has 0 unspecified atom stereocenters. The SMILES string of the molecule is C=C/C=C1/C(=O)N(O[SH](=O)=O)C(=O)c2cccc(C)c21. The number of hydroxylamine groups is 2. The topological polar surface area (TPSA) is 80.8 Å². The summed E-state index contributed by atoms with van der Waals surface area (Å²) < 4.78 is 25.6. The van der Waals surface area contributed by atoms with Crippen molar-refractivity contribution in [3.05, 3.63) is 53.6 Å². The summed E-state index contributed by atoms with van der Waals surface area (Å²) in [6.07, 6.45) is 2.80. The molecule has 0 aromatic heterocycles. The molecular weight excluding hydrogens is 282 g/mol. The Kier molecular flexibility index (Phi) is 3.82. The van der Waals surface area contributed by atoms with Crippen LogP contribution >= 0.6 is 0 Å². The van der Waals surface area contributed by atoms with Gasteiger partial charge in [0.15, 0.2) is 0 Å². The Hall–Kier alpha value is -2.25. The van der Waals surface area contributed by atoms with Gasteiger partial charge in [0.2, 0.25) is 0 Å². The lowest BCUT2D eigenvalue weighted by molar-refractivity contribution is -0.140. The van der Waals surface area contributed by atoms with Crippen molar-refractivity contribution < 1.29 is 22.3 Å². The maximum atomic E-state index is 12.2. The lowest BCUT2D eigenvalue weighted by atomic mass is 9.90. The van der Waals surface area contributed by atoms with E-state index in [-0.39, 0.29) is 16.2 Å². The Balaban J connectivity index is 2.70. The van der Waals surface area contributed by atoms with Crippen LogP contribution in [0.3, 0.4) is 0 Å². The molecule has 0 atom stereocenters. The fourth-order valence-corrected chi connectivity index (χ4v) is 2.32. The van der Waals surface area contributed by atoms with Gasteiger partial charge in [0, 0.05) is 5.56 Å². The first kappa shape index (κ1) is 14.2. The number of amides is 2. The quantitative estimate of drug-likeness (QED) is 0.511. The second-order valence-electron chi connectivity index (χ2n) is 4.02. The second-order valence-corrected chi connectivity index (χ2v) is 4.63. The van der Waals surface area contributed by atoms with E-state index >= 15 is 0 Å². The molecule has 6 nitrogen and oxygen atoms in total. The number of hydrogen-bond donors (Lipinski definition) is 1. The average Bonchev–Trinajstić information content (AvgIpc) is 2.39. The molecule has 20 heavy (non-hydrogen) atoms. The van der Waals surface area contributed by atoms with E-state index < -0.39 is 22.8 Å². The highest BCUT2D eigenvalue weighted by Gasteiger charge is 2.37. The number of carbonyl (C=O) groups excluding carboxylic acids is 2. The van der Waals surface area contributed by atoms with Crippen molar-refractivity contribution in [2.45, 2.75) is 6.92 Å². The van der Waals surface area contributed by atoms with Gasteiger partial charge >= 0.3 is 0 Å². The summed E-state index contributed by atoms with van der Waals surface area (Å²) in [5.41, 5.74) is 1.55. The van der Waals surface area contributed by atoms with Crippen LogP contribution in [0.2, 0.25) is 0 Å². The Morgan fingerprint density at radius 2 is 1.95 bits per heavy atom. The van der Waals surface area contributed by atoms with E-state index in [1.165, 1.54) is 18.2 Å². The number of nitrogens with zero attached hydrogens (tertiary/aromatic N) is 1. The third-order valence-corrected chi connectivity index (χ3v) is 3.10. The van der Waals surface area contributed by atoms with Gasteiger partial charge in [-0.2, -0.15) is 0 Å². The van der Waals surface area contributed by atoms with Crippen molar-refractivity contribution in [2.75, 3.05) is 0 Å². The number of allylic oxidation sites excluding steroid dienone is 2. The predicted molar refractivity (Wildman–Crippen MR) is 71.9 cm³/mol. The Labute approximate surface area is 117 Å². The Bertz CT molecular complexity index is 709. The van der Waals surface area contributed by atoms with Crippen molar-refractivity contribution in [1.82, 2.24) is 5.06 Å². The molecule has 0 bridgehead atoms. The summed E-state index contributed by atoms with van der Waals surface area (Å²) in [4.78, 5) is 24.3. The molecule has 0 radical (unpaired) electrons. The van der Waals surface area contributed by atoms with Crippen LogP contribution in [0, 0.1) is 6.92 Å². The highest BCUT2D eigenvalue weighted by atomic mass is 32.2. The van der Waals surface area contributed by atoms with Crippen molar-refractivity contribution in [1.29, 1.82) is 0 Å². The largest absolute Gasteiger partial charge is 0.286 e. The third-order valence-electron chi connectivity index (χ3n) is 2.80. The van der Waals surface area contributed by atoms with Gasteiger partial charge in [0.05, 0.1) is 11.1 Å². The van der Waals surface area contributed by atoms with Gasteiger partial charge in [-0.05, 0) is 24.6 Å². The monoisotopic (exact) mass is 293 g/mol. The van der Waals surface area contributed by atoms with Crippen LogP contribution in [0.25, 0.3) is 5.57 Å².